The highest BCUT2D eigenvalue weighted by molar-refractivity contribution is 5.20. The van der Waals surface area contributed by atoms with Gasteiger partial charge in [0.2, 0.25) is 0 Å². The predicted molar refractivity (Wildman–Crippen MR) is 63.8 cm³/mol. The zero-order valence-corrected chi connectivity index (χ0v) is 9.32. The minimum atomic E-state index is 0.457. The van der Waals surface area contributed by atoms with E-state index in [9.17, 15) is 0 Å². The van der Waals surface area contributed by atoms with Gasteiger partial charge in [-0.3, -0.25) is 0 Å². The van der Waals surface area contributed by atoms with Crippen molar-refractivity contribution in [1.82, 2.24) is 5.32 Å². The summed E-state index contributed by atoms with van der Waals surface area (Å²) >= 11 is 0. The van der Waals surface area contributed by atoms with Gasteiger partial charge in [-0.05, 0) is 17.9 Å². The molecule has 3 unspecified atom stereocenters. The SMILES string of the molecule is CC1CC1NCC(CN)c1ccccc1. The molecule has 1 aromatic rings. The molecule has 2 nitrogen and oxygen atoms in total. The average molecular weight is 204 g/mol. The standard InChI is InChI=1S/C13H20N2/c1-10-7-13(10)15-9-12(8-14)11-5-3-2-4-6-11/h2-6,10,12-13,15H,7-9,14H2,1H3. The van der Waals surface area contributed by atoms with E-state index in [-0.39, 0.29) is 0 Å². The smallest absolute Gasteiger partial charge is 0.00966 e. The van der Waals surface area contributed by atoms with Crippen LogP contribution in [0.3, 0.4) is 0 Å². The van der Waals surface area contributed by atoms with Crippen LogP contribution in [-0.2, 0) is 0 Å². The quantitative estimate of drug-likeness (QED) is 0.766. The van der Waals surface area contributed by atoms with Crippen molar-refractivity contribution >= 4 is 0 Å². The second-order valence-corrected chi connectivity index (χ2v) is 4.57. The summed E-state index contributed by atoms with van der Waals surface area (Å²) in [7, 11) is 0. The Morgan fingerprint density at radius 2 is 2.07 bits per heavy atom. The van der Waals surface area contributed by atoms with Crippen molar-refractivity contribution in [3.05, 3.63) is 35.9 Å². The number of rotatable bonds is 5. The van der Waals surface area contributed by atoms with Crippen LogP contribution in [0.1, 0.15) is 24.8 Å². The van der Waals surface area contributed by atoms with Crippen LogP contribution in [0.15, 0.2) is 30.3 Å². The van der Waals surface area contributed by atoms with Crippen molar-refractivity contribution in [2.24, 2.45) is 11.7 Å². The van der Waals surface area contributed by atoms with Crippen LogP contribution >= 0.6 is 0 Å². The molecule has 1 aliphatic carbocycles. The summed E-state index contributed by atoms with van der Waals surface area (Å²) in [5.41, 5.74) is 7.15. The van der Waals surface area contributed by atoms with Gasteiger partial charge in [-0.15, -0.1) is 0 Å². The Labute approximate surface area is 91.9 Å². The van der Waals surface area contributed by atoms with E-state index in [0.29, 0.717) is 5.92 Å². The van der Waals surface area contributed by atoms with Crippen LogP contribution in [0, 0.1) is 5.92 Å². The fourth-order valence-electron chi connectivity index (χ4n) is 1.96. The van der Waals surface area contributed by atoms with E-state index >= 15 is 0 Å². The third-order valence-electron chi connectivity index (χ3n) is 3.29. The van der Waals surface area contributed by atoms with Crippen molar-refractivity contribution in [2.45, 2.75) is 25.3 Å². The number of hydrogen-bond acceptors (Lipinski definition) is 2. The van der Waals surface area contributed by atoms with Crippen molar-refractivity contribution in [1.29, 1.82) is 0 Å². The van der Waals surface area contributed by atoms with Gasteiger partial charge < -0.3 is 11.1 Å². The van der Waals surface area contributed by atoms with Crippen LogP contribution < -0.4 is 11.1 Å². The van der Waals surface area contributed by atoms with Crippen LogP contribution in [0.4, 0.5) is 0 Å². The maximum Gasteiger partial charge on any atom is 0.00966 e. The number of hydrogen-bond donors (Lipinski definition) is 2. The lowest BCUT2D eigenvalue weighted by Crippen LogP contribution is -2.28. The Bertz CT molecular complexity index is 297. The molecule has 1 fully saturated rings. The molecule has 0 aliphatic heterocycles. The van der Waals surface area contributed by atoms with Gasteiger partial charge in [0.1, 0.15) is 0 Å². The van der Waals surface area contributed by atoms with E-state index in [4.69, 9.17) is 5.73 Å². The Hall–Kier alpha value is -0.860. The Morgan fingerprint density at radius 1 is 1.40 bits per heavy atom. The van der Waals surface area contributed by atoms with E-state index in [1.807, 2.05) is 6.07 Å². The first-order chi connectivity index (χ1) is 7.31. The lowest BCUT2D eigenvalue weighted by atomic mass is 9.99. The largest absolute Gasteiger partial charge is 0.330 e. The maximum atomic E-state index is 5.81. The molecule has 82 valence electrons. The summed E-state index contributed by atoms with van der Waals surface area (Å²) in [6.45, 7) is 4.02. The molecule has 0 spiro atoms. The molecule has 15 heavy (non-hydrogen) atoms. The Kier molecular flexibility index (Phi) is 3.39. The lowest BCUT2D eigenvalue weighted by molar-refractivity contribution is 0.571. The van der Waals surface area contributed by atoms with Crippen LogP contribution in [-0.4, -0.2) is 19.1 Å². The van der Waals surface area contributed by atoms with Gasteiger partial charge in [-0.1, -0.05) is 37.3 Å². The summed E-state index contributed by atoms with van der Waals surface area (Å²) in [6.07, 6.45) is 1.33. The second kappa shape index (κ2) is 4.77. The van der Waals surface area contributed by atoms with Crippen LogP contribution in [0.2, 0.25) is 0 Å². The number of nitrogens with two attached hydrogens (primary N) is 1. The lowest BCUT2D eigenvalue weighted by Gasteiger charge is -2.15. The predicted octanol–water partition coefficient (Wildman–Crippen LogP) is 1.73. The zero-order chi connectivity index (χ0) is 10.7. The van der Waals surface area contributed by atoms with Crippen LogP contribution in [0.5, 0.6) is 0 Å². The van der Waals surface area contributed by atoms with Crippen molar-refractivity contribution in [3.63, 3.8) is 0 Å². The first-order valence-electron chi connectivity index (χ1n) is 5.79. The van der Waals surface area contributed by atoms with Gasteiger partial charge in [-0.25, -0.2) is 0 Å². The summed E-state index contributed by atoms with van der Waals surface area (Å²) in [5, 5.41) is 3.58. The van der Waals surface area contributed by atoms with Gasteiger partial charge >= 0.3 is 0 Å². The van der Waals surface area contributed by atoms with E-state index < -0.39 is 0 Å². The fourth-order valence-corrected chi connectivity index (χ4v) is 1.96. The fraction of sp³-hybridized carbons (Fsp3) is 0.538. The van der Waals surface area contributed by atoms with Crippen molar-refractivity contribution in [3.8, 4) is 0 Å². The molecule has 1 aromatic carbocycles. The zero-order valence-electron chi connectivity index (χ0n) is 9.32. The first kappa shape index (κ1) is 10.7. The molecule has 0 saturated heterocycles. The van der Waals surface area contributed by atoms with E-state index in [1.54, 1.807) is 0 Å². The number of nitrogens with one attached hydrogen (secondary N) is 1. The molecular formula is C13H20N2. The summed E-state index contributed by atoms with van der Waals surface area (Å²) < 4.78 is 0. The highest BCUT2D eigenvalue weighted by Gasteiger charge is 2.32. The molecule has 2 heteroatoms. The molecule has 0 amide bonds. The minimum absolute atomic E-state index is 0.457. The van der Waals surface area contributed by atoms with Gasteiger partial charge in [0.25, 0.3) is 0 Å². The van der Waals surface area contributed by atoms with Gasteiger partial charge in [0, 0.05) is 25.0 Å². The van der Waals surface area contributed by atoms with Crippen molar-refractivity contribution < 1.29 is 0 Å². The third-order valence-corrected chi connectivity index (χ3v) is 3.29. The molecule has 0 bridgehead atoms. The third kappa shape index (κ3) is 2.80. The van der Waals surface area contributed by atoms with Crippen LogP contribution in [0.25, 0.3) is 0 Å². The van der Waals surface area contributed by atoms with E-state index in [2.05, 4.69) is 36.5 Å². The Morgan fingerprint density at radius 3 is 2.60 bits per heavy atom. The molecular weight excluding hydrogens is 184 g/mol. The molecule has 0 radical (unpaired) electrons. The second-order valence-electron chi connectivity index (χ2n) is 4.57. The molecule has 0 aromatic heterocycles. The monoisotopic (exact) mass is 204 g/mol. The molecule has 2 rings (SSSR count). The van der Waals surface area contributed by atoms with Gasteiger partial charge in [-0.2, -0.15) is 0 Å². The van der Waals surface area contributed by atoms with Gasteiger partial charge in [0.05, 0.1) is 0 Å². The summed E-state index contributed by atoms with van der Waals surface area (Å²) in [5.74, 6) is 1.32. The topological polar surface area (TPSA) is 38.0 Å². The Balaban J connectivity index is 1.87. The van der Waals surface area contributed by atoms with Crippen molar-refractivity contribution in [2.75, 3.05) is 13.1 Å². The maximum absolute atomic E-state index is 5.81. The minimum Gasteiger partial charge on any atom is -0.330 e. The normalized spacial score (nSPS) is 26.3. The first-order valence-corrected chi connectivity index (χ1v) is 5.79. The highest BCUT2D eigenvalue weighted by Crippen LogP contribution is 2.29. The van der Waals surface area contributed by atoms with E-state index in [0.717, 1.165) is 25.0 Å². The summed E-state index contributed by atoms with van der Waals surface area (Å²) in [6, 6.07) is 11.3. The summed E-state index contributed by atoms with van der Waals surface area (Å²) in [4.78, 5) is 0. The molecule has 1 aliphatic rings. The molecule has 1 saturated carbocycles. The average Bonchev–Trinajstić information content (AvgIpc) is 2.97. The molecule has 3 atom stereocenters. The molecule has 0 heterocycles. The molecule has 3 N–H and O–H groups in total. The van der Waals surface area contributed by atoms with Gasteiger partial charge in [0.15, 0.2) is 0 Å². The van der Waals surface area contributed by atoms with E-state index in [1.165, 1.54) is 12.0 Å². The number of benzene rings is 1. The highest BCUT2D eigenvalue weighted by atomic mass is 15.0.